The highest BCUT2D eigenvalue weighted by Gasteiger charge is 2.44. The first-order valence-electron chi connectivity index (χ1n) is 28.0. The Hall–Kier alpha value is -5.19. The summed E-state index contributed by atoms with van der Waals surface area (Å²) in [4.78, 5) is 109. The molecule has 21 nitrogen and oxygen atoms in total. The van der Waals surface area contributed by atoms with Gasteiger partial charge in [0.15, 0.2) is 0 Å². The Morgan fingerprint density at radius 2 is 1.64 bits per heavy atom. The minimum absolute atomic E-state index is 0.0717. The number of nitrogens with two attached hydrogens (primary N) is 1. The van der Waals surface area contributed by atoms with Crippen molar-refractivity contribution in [3.8, 4) is 0 Å². The molecule has 2 aliphatic heterocycles. The zero-order valence-electron chi connectivity index (χ0n) is 47.6. The molecule has 0 radical (unpaired) electrons. The number of nitrogens with zero attached hydrogens (tertiary/aromatic N) is 4. The van der Waals surface area contributed by atoms with Crippen molar-refractivity contribution in [1.82, 2.24) is 40.7 Å². The number of para-hydroxylation sites is 1. The normalized spacial score (nSPS) is 18.9. The van der Waals surface area contributed by atoms with E-state index in [9.17, 15) is 38.7 Å². The van der Waals surface area contributed by atoms with E-state index in [0.29, 0.717) is 97.0 Å². The van der Waals surface area contributed by atoms with Crippen molar-refractivity contribution in [2.24, 2.45) is 23.5 Å². The van der Waals surface area contributed by atoms with Crippen LogP contribution in [0.4, 0.5) is 0 Å². The minimum Gasteiger partial charge on any atom is -0.480 e. The lowest BCUT2D eigenvalue weighted by molar-refractivity contribution is -0.199. The number of nitrogens with one attached hydrogen (secondary N) is 4. The summed E-state index contributed by atoms with van der Waals surface area (Å²) < 4.78 is 12.2. The van der Waals surface area contributed by atoms with Crippen LogP contribution in [0.25, 0.3) is 10.9 Å². The maximum absolute atomic E-state index is 14.7. The molecule has 21 heteroatoms. The second-order valence-corrected chi connectivity index (χ2v) is 21.7. The molecule has 0 bridgehead atoms. The first-order valence-corrected chi connectivity index (χ1v) is 28.0. The molecule has 2 saturated heterocycles. The summed E-state index contributed by atoms with van der Waals surface area (Å²) in [5, 5.41) is 31.0. The van der Waals surface area contributed by atoms with Crippen molar-refractivity contribution in [3.05, 3.63) is 36.0 Å². The average molecular weight is 1080 g/mol. The number of rotatable bonds is 33. The van der Waals surface area contributed by atoms with Crippen molar-refractivity contribution < 1.29 is 58.1 Å². The molecule has 0 spiro atoms. The van der Waals surface area contributed by atoms with Gasteiger partial charge in [0, 0.05) is 70.8 Å². The number of aromatic nitrogens is 1. The number of carboxylic acids is 1. The van der Waals surface area contributed by atoms with Gasteiger partial charge in [0.2, 0.25) is 29.5 Å². The summed E-state index contributed by atoms with van der Waals surface area (Å²) in [7, 11) is 6.46. The smallest absolute Gasteiger partial charge is 0.320 e. The van der Waals surface area contributed by atoms with E-state index in [0.717, 1.165) is 29.3 Å². The van der Waals surface area contributed by atoms with Gasteiger partial charge < -0.3 is 56.2 Å². The topological polar surface area (TPSA) is 278 Å². The fraction of sp³-hybridized carbons (Fsp3) is 0.732. The number of unbranched alkanes of at least 4 members (excludes halogenated alkanes) is 3. The number of carbonyl (C=O) groups is 7. The van der Waals surface area contributed by atoms with E-state index in [1.54, 1.807) is 35.7 Å². The number of carboxylic acid groups (broad SMARTS) is 1. The highest BCUT2D eigenvalue weighted by atomic mass is 16.7. The number of aliphatic hydroxyl groups excluding tert-OH is 1. The molecule has 1 unspecified atom stereocenters. The minimum atomic E-state index is -1.07. The van der Waals surface area contributed by atoms with E-state index in [1.807, 2.05) is 58.2 Å². The monoisotopic (exact) mass is 1080 g/mol. The van der Waals surface area contributed by atoms with Crippen LogP contribution in [0.15, 0.2) is 30.5 Å². The van der Waals surface area contributed by atoms with Gasteiger partial charge in [0.25, 0.3) is 5.91 Å². The van der Waals surface area contributed by atoms with Crippen LogP contribution in [0.3, 0.4) is 0 Å². The predicted molar refractivity (Wildman–Crippen MR) is 293 cm³/mol. The number of methoxy groups -OCH3 is 2. The Balaban J connectivity index is 1.39. The number of hydrogen-bond acceptors (Lipinski definition) is 13. The summed E-state index contributed by atoms with van der Waals surface area (Å²) >= 11 is 0. The molecule has 2 aliphatic rings. The molecular formula is C56H93N9O12. The van der Waals surface area contributed by atoms with Crippen molar-refractivity contribution in [1.29, 1.82) is 0 Å². The first kappa shape index (κ1) is 64.3. The van der Waals surface area contributed by atoms with Gasteiger partial charge >= 0.3 is 5.97 Å². The summed E-state index contributed by atoms with van der Waals surface area (Å²) in [6.07, 6.45) is 6.89. The lowest BCUT2D eigenvalue weighted by Gasteiger charge is -2.41. The number of aliphatic hydroxyl groups is 1. The van der Waals surface area contributed by atoms with Gasteiger partial charge in [-0.05, 0) is 102 Å². The summed E-state index contributed by atoms with van der Waals surface area (Å²) in [6, 6.07) is 2.96. The molecule has 77 heavy (non-hydrogen) atoms. The van der Waals surface area contributed by atoms with Gasteiger partial charge in [-0.25, -0.2) is 5.06 Å². The number of amides is 6. The maximum atomic E-state index is 14.7. The van der Waals surface area contributed by atoms with Crippen LogP contribution in [0.5, 0.6) is 0 Å². The molecule has 11 atom stereocenters. The number of hydroxylamine groups is 2. The van der Waals surface area contributed by atoms with Crippen LogP contribution < -0.4 is 21.7 Å². The van der Waals surface area contributed by atoms with Crippen LogP contribution in [0, 0.1) is 17.8 Å². The number of fused-ring (bicyclic) bond motifs is 1. The standard InChI is InChI=1S/C56H93N9O12/c1-11-36(4)49(63(8)55(72)48(35(2)3)61-53(70)50(38(6)66)62(7)28-18-12-13-26-46(67)58-27-17-16-23-41(57)56(73)74)45(75-9)33-47(68)64-29-21-25-44(64)51(76-10)37(5)52(69)60-43(54(71)65-30-19-20-31-77-65)32-39-34-59-42-24-15-14-22-40(39)42/h14-15,22,24,34-38,41,43-45,48-51,59,66H,11-13,16-21,23,25-33,57H2,1-10H3,(H,58,67)(H,60,69)(H,61,70)(H,73,74)/t36-,37+,38?,41-,43-,44-,45+,48-,49-,50-,51+/m0/s1. The Morgan fingerprint density at radius 1 is 0.909 bits per heavy atom. The maximum Gasteiger partial charge on any atom is 0.320 e. The van der Waals surface area contributed by atoms with Crippen LogP contribution in [-0.2, 0) is 54.3 Å². The number of likely N-dealkylation sites (tertiary alicyclic amines) is 1. The molecule has 4 rings (SSSR count). The van der Waals surface area contributed by atoms with Gasteiger partial charge in [-0.15, -0.1) is 0 Å². The fourth-order valence-electron chi connectivity index (χ4n) is 10.9. The van der Waals surface area contributed by atoms with Gasteiger partial charge in [-0.3, -0.25) is 43.3 Å². The Kier molecular flexibility index (Phi) is 26.8. The first-order chi connectivity index (χ1) is 36.7. The highest BCUT2D eigenvalue weighted by molar-refractivity contribution is 5.91. The molecule has 2 aromatic rings. The van der Waals surface area contributed by atoms with E-state index in [2.05, 4.69) is 20.9 Å². The molecule has 2 fully saturated rings. The number of carbonyl (C=O) groups excluding carboxylic acids is 6. The zero-order chi connectivity index (χ0) is 56.9. The molecule has 1 aromatic heterocycles. The SMILES string of the molecule is CC[C@H](C)[C@@H]([C@@H](CC(=O)N1CCC[C@H]1[C@H](OC)[C@@H](C)C(=O)N[C@@H](Cc1c[nH]c2ccccc12)C(=O)N1CCCCO1)OC)N(C)C(=O)[C@@H](NC(=O)[C@H](C(C)O)N(C)CCCCCC(=O)NCCCC[C@H](N)C(=O)O)C(C)C. The predicted octanol–water partition coefficient (Wildman–Crippen LogP) is 3.75. The second kappa shape index (κ2) is 32.0. The lowest BCUT2D eigenvalue weighted by atomic mass is 9.89. The molecule has 3 heterocycles. The lowest BCUT2D eigenvalue weighted by Crippen LogP contribution is -2.60. The molecule has 6 amide bonds. The molecule has 8 N–H and O–H groups in total. The van der Waals surface area contributed by atoms with Crippen LogP contribution in [0.2, 0.25) is 0 Å². The summed E-state index contributed by atoms with van der Waals surface area (Å²) in [6.45, 7) is 13.1. The fourth-order valence-corrected chi connectivity index (χ4v) is 10.9. The Labute approximate surface area is 456 Å². The van der Waals surface area contributed by atoms with Gasteiger partial charge in [0.1, 0.15) is 24.2 Å². The van der Waals surface area contributed by atoms with Gasteiger partial charge in [-0.2, -0.15) is 0 Å². The molecule has 1 aromatic carbocycles. The number of ether oxygens (including phenoxy) is 2. The highest BCUT2D eigenvalue weighted by Crippen LogP contribution is 2.30. The van der Waals surface area contributed by atoms with E-state index in [-0.39, 0.29) is 48.3 Å². The van der Waals surface area contributed by atoms with Crippen molar-refractivity contribution >= 4 is 52.3 Å². The average Bonchev–Trinajstić information content (AvgIpc) is 4.08. The van der Waals surface area contributed by atoms with Crippen molar-refractivity contribution in [2.45, 2.75) is 186 Å². The van der Waals surface area contributed by atoms with Crippen LogP contribution >= 0.6 is 0 Å². The number of hydrogen-bond donors (Lipinski definition) is 7. The molecule has 0 saturated carbocycles. The molecular weight excluding hydrogens is 991 g/mol. The van der Waals surface area contributed by atoms with E-state index in [1.165, 1.54) is 26.2 Å². The molecule has 434 valence electrons. The number of H-pyrrole nitrogens is 1. The van der Waals surface area contributed by atoms with Crippen molar-refractivity contribution in [3.63, 3.8) is 0 Å². The Morgan fingerprint density at radius 3 is 2.27 bits per heavy atom. The van der Waals surface area contributed by atoms with E-state index >= 15 is 0 Å². The summed E-state index contributed by atoms with van der Waals surface area (Å²) in [5.74, 6) is -4.20. The number of likely N-dealkylation sites (N-methyl/N-ethyl adjacent to an activating group) is 2. The van der Waals surface area contributed by atoms with E-state index < -0.39 is 78.3 Å². The largest absolute Gasteiger partial charge is 0.480 e. The van der Waals surface area contributed by atoms with Gasteiger partial charge in [-0.1, -0.05) is 65.7 Å². The van der Waals surface area contributed by atoms with Gasteiger partial charge in [0.05, 0.1) is 49.3 Å². The summed E-state index contributed by atoms with van der Waals surface area (Å²) in [5.41, 5.74) is 7.33. The molecule has 0 aliphatic carbocycles. The van der Waals surface area contributed by atoms with Crippen LogP contribution in [0.1, 0.15) is 131 Å². The third-order valence-corrected chi connectivity index (χ3v) is 15.6. The second-order valence-electron chi connectivity index (χ2n) is 21.7. The number of aromatic amines is 1. The number of aliphatic carboxylic acids is 1. The number of benzene rings is 1. The van der Waals surface area contributed by atoms with Crippen molar-refractivity contribution in [2.75, 3.05) is 61.1 Å². The van der Waals surface area contributed by atoms with E-state index in [4.69, 9.17) is 25.2 Å². The third-order valence-electron chi connectivity index (χ3n) is 15.6. The Bertz CT molecular complexity index is 2200. The quantitative estimate of drug-likeness (QED) is 0.0502. The zero-order valence-corrected chi connectivity index (χ0v) is 47.6. The van der Waals surface area contributed by atoms with Crippen LogP contribution in [-0.4, -0.2) is 192 Å². The third kappa shape index (κ3) is 18.4.